The Labute approximate surface area is 225 Å². The van der Waals surface area contributed by atoms with Crippen molar-refractivity contribution in [3.63, 3.8) is 0 Å². The Hall–Kier alpha value is -2.59. The standard InChI is InChI=1S/C26H24Cl2F7NO2/c1-14(9-23(38)36-13-25(30,31)32)3-8-22(37)18-6-4-16(10-15(18)2)5-7-19(26(33,34)35)17-11-20(27)24(29)21(28)12-17/h4-7,10-12,14,19H,3,8-9,13H2,1-2H3,(H,36,38). The van der Waals surface area contributed by atoms with Crippen molar-refractivity contribution >= 4 is 41.0 Å². The van der Waals surface area contributed by atoms with Crippen molar-refractivity contribution in [2.24, 2.45) is 5.92 Å². The van der Waals surface area contributed by atoms with E-state index in [0.717, 1.165) is 18.2 Å². The first-order valence-corrected chi connectivity index (χ1v) is 12.1. The van der Waals surface area contributed by atoms with Crippen molar-refractivity contribution in [1.29, 1.82) is 0 Å². The van der Waals surface area contributed by atoms with Crippen LogP contribution in [0.5, 0.6) is 0 Å². The third kappa shape index (κ3) is 9.62. The Kier molecular flexibility index (Phi) is 10.8. The van der Waals surface area contributed by atoms with Gasteiger partial charge in [0.1, 0.15) is 6.54 Å². The van der Waals surface area contributed by atoms with E-state index in [4.69, 9.17) is 23.2 Å². The van der Waals surface area contributed by atoms with E-state index in [9.17, 15) is 40.3 Å². The van der Waals surface area contributed by atoms with E-state index in [2.05, 4.69) is 0 Å². The minimum atomic E-state index is -4.72. The maximum absolute atomic E-state index is 13.7. The van der Waals surface area contributed by atoms with Crippen LogP contribution in [0, 0.1) is 18.7 Å². The molecule has 2 aromatic rings. The third-order valence-corrected chi connectivity index (χ3v) is 6.18. The van der Waals surface area contributed by atoms with Gasteiger partial charge in [-0.3, -0.25) is 9.59 Å². The van der Waals surface area contributed by atoms with E-state index in [1.165, 1.54) is 24.3 Å². The minimum absolute atomic E-state index is 0.0337. The highest BCUT2D eigenvalue weighted by molar-refractivity contribution is 6.35. The summed E-state index contributed by atoms with van der Waals surface area (Å²) >= 11 is 11.3. The minimum Gasteiger partial charge on any atom is -0.347 e. The first kappa shape index (κ1) is 31.6. The molecule has 3 nitrogen and oxygen atoms in total. The van der Waals surface area contributed by atoms with E-state index < -0.39 is 46.6 Å². The summed E-state index contributed by atoms with van der Waals surface area (Å²) < 4.78 is 91.3. The molecular formula is C26H24Cl2F7NO2. The normalized spacial score (nSPS) is 14.0. The highest BCUT2D eigenvalue weighted by atomic mass is 35.5. The average molecular weight is 586 g/mol. The first-order chi connectivity index (χ1) is 17.5. The Bertz CT molecular complexity index is 1170. The van der Waals surface area contributed by atoms with Crippen LogP contribution < -0.4 is 5.32 Å². The fourth-order valence-corrected chi connectivity index (χ4v) is 4.18. The highest BCUT2D eigenvalue weighted by Gasteiger charge is 2.39. The van der Waals surface area contributed by atoms with Crippen LogP contribution in [0.4, 0.5) is 30.7 Å². The number of nitrogens with one attached hydrogen (secondary N) is 1. The van der Waals surface area contributed by atoms with Gasteiger partial charge in [0.15, 0.2) is 11.6 Å². The number of ketones is 1. The lowest BCUT2D eigenvalue weighted by Gasteiger charge is -2.18. The molecule has 38 heavy (non-hydrogen) atoms. The molecule has 0 radical (unpaired) electrons. The second-order valence-electron chi connectivity index (χ2n) is 8.91. The quantitative estimate of drug-likeness (QED) is 0.173. The number of aryl methyl sites for hydroxylation is 1. The molecule has 2 aromatic carbocycles. The zero-order valence-corrected chi connectivity index (χ0v) is 21.8. The van der Waals surface area contributed by atoms with Crippen molar-refractivity contribution < 1.29 is 40.3 Å². The van der Waals surface area contributed by atoms with Gasteiger partial charge in [-0.1, -0.05) is 60.5 Å². The smallest absolute Gasteiger partial charge is 0.347 e. The number of alkyl halides is 6. The molecule has 1 amide bonds. The van der Waals surface area contributed by atoms with Crippen LogP contribution in [0.25, 0.3) is 6.08 Å². The summed E-state index contributed by atoms with van der Waals surface area (Å²) in [7, 11) is 0. The lowest BCUT2D eigenvalue weighted by Crippen LogP contribution is -2.34. The first-order valence-electron chi connectivity index (χ1n) is 11.3. The maximum Gasteiger partial charge on any atom is 0.405 e. The number of hydrogen-bond donors (Lipinski definition) is 1. The number of rotatable bonds is 10. The molecule has 0 aliphatic carbocycles. The summed E-state index contributed by atoms with van der Waals surface area (Å²) in [6.07, 6.45) is -7.01. The fraction of sp³-hybridized carbons (Fsp3) is 0.385. The Balaban J connectivity index is 2.07. The van der Waals surface area contributed by atoms with Gasteiger partial charge in [0, 0.05) is 18.4 Å². The molecular weight excluding hydrogens is 562 g/mol. The van der Waals surface area contributed by atoms with Crippen LogP contribution in [-0.4, -0.2) is 30.6 Å². The molecule has 0 bridgehead atoms. The summed E-state index contributed by atoms with van der Waals surface area (Å²) in [5.41, 5.74) is 0.877. The predicted molar refractivity (Wildman–Crippen MR) is 132 cm³/mol. The second kappa shape index (κ2) is 13.0. The maximum atomic E-state index is 13.7. The van der Waals surface area contributed by atoms with Crippen LogP contribution in [0.3, 0.4) is 0 Å². The summed E-state index contributed by atoms with van der Waals surface area (Å²) in [6.45, 7) is 1.83. The topological polar surface area (TPSA) is 46.2 Å². The van der Waals surface area contributed by atoms with Gasteiger partial charge in [-0.25, -0.2) is 4.39 Å². The zero-order chi connectivity index (χ0) is 28.8. The average Bonchev–Trinajstić information content (AvgIpc) is 2.78. The van der Waals surface area contributed by atoms with E-state index in [-0.39, 0.29) is 36.5 Å². The highest BCUT2D eigenvalue weighted by Crippen LogP contribution is 2.39. The van der Waals surface area contributed by atoms with Crippen LogP contribution >= 0.6 is 23.2 Å². The Morgan fingerprint density at radius 3 is 2.16 bits per heavy atom. The number of halogens is 9. The molecule has 0 spiro atoms. The Morgan fingerprint density at radius 1 is 1.03 bits per heavy atom. The molecule has 12 heteroatoms. The van der Waals surface area contributed by atoms with E-state index in [1.807, 2.05) is 0 Å². The molecule has 0 saturated carbocycles. The molecule has 1 N–H and O–H groups in total. The van der Waals surface area contributed by atoms with Gasteiger partial charge >= 0.3 is 12.4 Å². The molecule has 0 fully saturated rings. The van der Waals surface area contributed by atoms with Crippen molar-refractivity contribution in [3.8, 4) is 0 Å². The van der Waals surface area contributed by atoms with Gasteiger partial charge in [-0.05, 0) is 48.1 Å². The molecule has 0 aliphatic heterocycles. The van der Waals surface area contributed by atoms with Crippen LogP contribution in [0.15, 0.2) is 36.4 Å². The number of hydrogen-bond acceptors (Lipinski definition) is 2. The third-order valence-electron chi connectivity index (χ3n) is 5.63. The van der Waals surface area contributed by atoms with Gasteiger partial charge in [0.05, 0.1) is 16.0 Å². The zero-order valence-electron chi connectivity index (χ0n) is 20.2. The molecule has 0 heterocycles. The molecule has 0 aromatic heterocycles. The number of benzene rings is 2. The Morgan fingerprint density at radius 2 is 1.63 bits per heavy atom. The molecule has 0 saturated heterocycles. The van der Waals surface area contributed by atoms with Crippen molar-refractivity contribution in [1.82, 2.24) is 5.32 Å². The summed E-state index contributed by atoms with van der Waals surface area (Å²) in [5, 5.41) is 0.706. The van der Waals surface area contributed by atoms with E-state index >= 15 is 0 Å². The van der Waals surface area contributed by atoms with Crippen molar-refractivity contribution in [2.45, 2.75) is 51.4 Å². The molecule has 2 rings (SSSR count). The van der Waals surface area contributed by atoms with E-state index in [1.54, 1.807) is 19.2 Å². The molecule has 0 aliphatic rings. The SMILES string of the molecule is Cc1cc(C=CC(c2cc(Cl)c(F)c(Cl)c2)C(F)(F)F)ccc1C(=O)CCC(C)CC(=O)NCC(F)(F)F. The number of carbonyl (C=O) groups excluding carboxylic acids is 2. The lowest BCUT2D eigenvalue weighted by molar-refractivity contribution is -0.139. The van der Waals surface area contributed by atoms with Crippen LogP contribution in [0.1, 0.15) is 59.2 Å². The summed E-state index contributed by atoms with van der Waals surface area (Å²) in [5.74, 6) is -4.52. The summed E-state index contributed by atoms with van der Waals surface area (Å²) in [6, 6.07) is 6.17. The van der Waals surface area contributed by atoms with Gasteiger partial charge in [-0.2, -0.15) is 26.3 Å². The monoisotopic (exact) mass is 585 g/mol. The van der Waals surface area contributed by atoms with Gasteiger partial charge < -0.3 is 5.32 Å². The van der Waals surface area contributed by atoms with Crippen LogP contribution in [0.2, 0.25) is 10.0 Å². The number of Topliss-reactive ketones (excluding diaryl/α,β-unsaturated/α-hetero) is 1. The van der Waals surface area contributed by atoms with Gasteiger partial charge in [0.25, 0.3) is 0 Å². The fourth-order valence-electron chi connectivity index (χ4n) is 3.68. The van der Waals surface area contributed by atoms with Gasteiger partial charge in [-0.15, -0.1) is 0 Å². The number of carbonyl (C=O) groups is 2. The lowest BCUT2D eigenvalue weighted by atomic mass is 9.93. The van der Waals surface area contributed by atoms with Crippen molar-refractivity contribution in [2.75, 3.05) is 6.54 Å². The molecule has 2 unspecified atom stereocenters. The number of allylic oxidation sites excluding steroid dienone is 1. The predicted octanol–water partition coefficient (Wildman–Crippen LogP) is 8.47. The summed E-state index contributed by atoms with van der Waals surface area (Å²) in [4.78, 5) is 24.2. The molecule has 2 atom stereocenters. The number of amides is 1. The largest absolute Gasteiger partial charge is 0.405 e. The van der Waals surface area contributed by atoms with Gasteiger partial charge in [0.2, 0.25) is 5.91 Å². The second-order valence-corrected chi connectivity index (χ2v) is 9.73. The van der Waals surface area contributed by atoms with E-state index in [0.29, 0.717) is 16.7 Å². The van der Waals surface area contributed by atoms with Crippen LogP contribution in [-0.2, 0) is 4.79 Å². The molecule has 208 valence electrons. The van der Waals surface area contributed by atoms with Crippen molar-refractivity contribution in [3.05, 3.63) is 74.5 Å².